The predicted octanol–water partition coefficient (Wildman–Crippen LogP) is 0.783. The van der Waals surface area contributed by atoms with Gasteiger partial charge in [-0.05, 0) is 38.0 Å². The van der Waals surface area contributed by atoms with Crippen molar-refractivity contribution < 1.29 is 4.79 Å². The molecule has 2 saturated carbocycles. The third-order valence-electron chi connectivity index (χ3n) is 3.64. The van der Waals surface area contributed by atoms with Gasteiger partial charge in [-0.2, -0.15) is 0 Å². The molecule has 1 spiro atoms. The number of nitrogens with zero attached hydrogens (tertiary/aromatic N) is 1. The predicted molar refractivity (Wildman–Crippen MR) is 57.5 cm³/mol. The molecule has 0 aromatic heterocycles. The van der Waals surface area contributed by atoms with E-state index in [0.29, 0.717) is 12.0 Å². The van der Waals surface area contributed by atoms with Gasteiger partial charge in [0.1, 0.15) is 5.54 Å². The molecule has 3 aliphatic rings. The van der Waals surface area contributed by atoms with Crippen molar-refractivity contribution in [2.45, 2.75) is 50.6 Å². The highest BCUT2D eigenvalue weighted by molar-refractivity contribution is 6.09. The van der Waals surface area contributed by atoms with Crippen LogP contribution in [0, 0.1) is 5.92 Å². The zero-order chi connectivity index (χ0) is 10.5. The van der Waals surface area contributed by atoms with E-state index in [1.54, 1.807) is 0 Å². The van der Waals surface area contributed by atoms with Crippen LogP contribution in [-0.4, -0.2) is 23.4 Å². The van der Waals surface area contributed by atoms with E-state index in [9.17, 15) is 4.79 Å². The number of amides is 1. The maximum Gasteiger partial charge on any atom is 0.252 e. The van der Waals surface area contributed by atoms with Gasteiger partial charge in [0.25, 0.3) is 5.91 Å². The van der Waals surface area contributed by atoms with E-state index in [1.165, 1.54) is 12.8 Å². The molecule has 2 aliphatic carbocycles. The Labute approximate surface area is 89.5 Å². The lowest BCUT2D eigenvalue weighted by Gasteiger charge is -2.19. The molecular weight excluding hydrogens is 190 g/mol. The minimum absolute atomic E-state index is 0.131. The van der Waals surface area contributed by atoms with Crippen LogP contribution in [0.15, 0.2) is 4.99 Å². The molecule has 2 atom stereocenters. The van der Waals surface area contributed by atoms with Gasteiger partial charge in [-0.25, -0.2) is 4.99 Å². The van der Waals surface area contributed by atoms with Gasteiger partial charge in [0, 0.05) is 0 Å². The van der Waals surface area contributed by atoms with Crippen molar-refractivity contribution >= 4 is 11.9 Å². The van der Waals surface area contributed by atoms with Crippen LogP contribution in [0.5, 0.6) is 0 Å². The summed E-state index contributed by atoms with van der Waals surface area (Å²) in [5.41, 5.74) is -0.326. The summed E-state index contributed by atoms with van der Waals surface area (Å²) >= 11 is 0. The summed E-state index contributed by atoms with van der Waals surface area (Å²) in [5.74, 6) is 1.49. The minimum Gasteiger partial charge on any atom is -0.342 e. The fourth-order valence-corrected chi connectivity index (χ4v) is 2.60. The third kappa shape index (κ3) is 1.52. The number of carbonyl (C=O) groups is 1. The number of rotatable bonds is 1. The Hall–Kier alpha value is -1.06. The molecule has 1 aliphatic heterocycles. The van der Waals surface area contributed by atoms with E-state index in [0.717, 1.165) is 25.2 Å². The van der Waals surface area contributed by atoms with Crippen LogP contribution in [0.2, 0.25) is 0 Å². The normalized spacial score (nSPS) is 42.3. The highest BCUT2D eigenvalue weighted by Gasteiger charge is 2.49. The molecule has 3 rings (SSSR count). The van der Waals surface area contributed by atoms with Gasteiger partial charge >= 0.3 is 0 Å². The van der Waals surface area contributed by atoms with Crippen LogP contribution >= 0.6 is 0 Å². The summed E-state index contributed by atoms with van der Waals surface area (Å²) in [6.07, 6.45) is 5.37. The number of guanidine groups is 1. The van der Waals surface area contributed by atoms with Gasteiger partial charge < -0.3 is 5.32 Å². The molecule has 4 nitrogen and oxygen atoms in total. The van der Waals surface area contributed by atoms with E-state index in [4.69, 9.17) is 0 Å². The Bertz CT molecular complexity index is 335. The first kappa shape index (κ1) is 9.19. The molecule has 0 bridgehead atoms. The molecule has 82 valence electrons. The number of hydrogen-bond donors (Lipinski definition) is 2. The molecule has 1 saturated heterocycles. The Kier molecular flexibility index (Phi) is 1.82. The first-order chi connectivity index (χ1) is 7.18. The number of carbonyl (C=O) groups excluding carboxylic acids is 1. The quantitative estimate of drug-likeness (QED) is 0.667. The van der Waals surface area contributed by atoms with Gasteiger partial charge in [-0.1, -0.05) is 6.92 Å². The van der Waals surface area contributed by atoms with Crippen molar-refractivity contribution in [3.05, 3.63) is 0 Å². The van der Waals surface area contributed by atoms with Crippen LogP contribution in [0.3, 0.4) is 0 Å². The SMILES string of the molecule is CC1CCC2(C1)NC(=NC1CC1)NC2=O. The maximum atomic E-state index is 11.9. The smallest absolute Gasteiger partial charge is 0.252 e. The van der Waals surface area contributed by atoms with E-state index in [1.807, 2.05) is 0 Å². The summed E-state index contributed by atoms with van der Waals surface area (Å²) in [6.45, 7) is 2.21. The lowest BCUT2D eigenvalue weighted by atomic mass is 9.97. The number of hydrogen-bond acceptors (Lipinski definition) is 2. The van der Waals surface area contributed by atoms with E-state index in [-0.39, 0.29) is 11.4 Å². The monoisotopic (exact) mass is 207 g/mol. The topological polar surface area (TPSA) is 53.5 Å². The molecule has 15 heavy (non-hydrogen) atoms. The fraction of sp³-hybridized carbons (Fsp3) is 0.818. The zero-order valence-electron chi connectivity index (χ0n) is 9.05. The van der Waals surface area contributed by atoms with Crippen LogP contribution in [-0.2, 0) is 4.79 Å². The molecule has 4 heteroatoms. The minimum atomic E-state index is -0.326. The van der Waals surface area contributed by atoms with E-state index >= 15 is 0 Å². The van der Waals surface area contributed by atoms with Crippen molar-refractivity contribution in [1.82, 2.24) is 10.6 Å². The molecule has 3 fully saturated rings. The van der Waals surface area contributed by atoms with Crippen LogP contribution in [0.4, 0.5) is 0 Å². The summed E-state index contributed by atoms with van der Waals surface area (Å²) in [5, 5.41) is 6.19. The highest BCUT2D eigenvalue weighted by Crippen LogP contribution is 2.36. The first-order valence-electron chi connectivity index (χ1n) is 5.85. The molecule has 0 aromatic carbocycles. The van der Waals surface area contributed by atoms with Crippen LogP contribution in [0.1, 0.15) is 39.0 Å². The lowest BCUT2D eigenvalue weighted by molar-refractivity contribution is -0.123. The molecule has 2 N–H and O–H groups in total. The highest BCUT2D eigenvalue weighted by atomic mass is 16.2. The van der Waals surface area contributed by atoms with Crippen molar-refractivity contribution in [1.29, 1.82) is 0 Å². The van der Waals surface area contributed by atoms with Gasteiger partial charge in [0.2, 0.25) is 0 Å². The molecular formula is C11H17N3O. The van der Waals surface area contributed by atoms with Crippen molar-refractivity contribution in [3.63, 3.8) is 0 Å². The number of nitrogens with one attached hydrogen (secondary N) is 2. The van der Waals surface area contributed by atoms with Gasteiger partial charge in [-0.15, -0.1) is 0 Å². The standard InChI is InChI=1S/C11H17N3O/c1-7-4-5-11(6-7)9(15)13-10(14-11)12-8-2-3-8/h7-8H,2-6H2,1H3,(H2,12,13,14,15). The maximum absolute atomic E-state index is 11.9. The first-order valence-corrected chi connectivity index (χ1v) is 5.85. The van der Waals surface area contributed by atoms with Crippen molar-refractivity contribution in [2.24, 2.45) is 10.9 Å². The second kappa shape index (κ2) is 2.97. The van der Waals surface area contributed by atoms with Gasteiger partial charge in [0.15, 0.2) is 5.96 Å². The Morgan fingerprint density at radius 3 is 2.80 bits per heavy atom. The summed E-state index contributed by atoms with van der Waals surface area (Å²) < 4.78 is 0. The van der Waals surface area contributed by atoms with Crippen LogP contribution in [0.25, 0.3) is 0 Å². The second-order valence-electron chi connectivity index (χ2n) is 5.22. The molecule has 0 aromatic rings. The largest absolute Gasteiger partial charge is 0.342 e. The Morgan fingerprint density at radius 2 is 2.20 bits per heavy atom. The number of aliphatic imine (C=N–C) groups is 1. The lowest BCUT2D eigenvalue weighted by Crippen LogP contribution is -2.44. The van der Waals surface area contributed by atoms with Gasteiger partial charge in [0.05, 0.1) is 6.04 Å². The van der Waals surface area contributed by atoms with E-state index in [2.05, 4.69) is 22.5 Å². The summed E-state index contributed by atoms with van der Waals surface area (Å²) in [4.78, 5) is 16.4. The molecule has 2 unspecified atom stereocenters. The Balaban J connectivity index is 1.78. The third-order valence-corrected chi connectivity index (χ3v) is 3.64. The second-order valence-corrected chi connectivity index (χ2v) is 5.22. The molecule has 1 heterocycles. The van der Waals surface area contributed by atoms with Crippen molar-refractivity contribution in [3.8, 4) is 0 Å². The summed E-state index contributed by atoms with van der Waals surface area (Å²) in [7, 11) is 0. The van der Waals surface area contributed by atoms with E-state index < -0.39 is 0 Å². The molecule has 1 amide bonds. The van der Waals surface area contributed by atoms with Crippen molar-refractivity contribution in [2.75, 3.05) is 0 Å². The molecule has 0 radical (unpaired) electrons. The van der Waals surface area contributed by atoms with Gasteiger partial charge in [-0.3, -0.25) is 10.1 Å². The Morgan fingerprint density at radius 1 is 1.40 bits per heavy atom. The van der Waals surface area contributed by atoms with Crippen LogP contribution < -0.4 is 10.6 Å². The fourth-order valence-electron chi connectivity index (χ4n) is 2.60. The average molecular weight is 207 g/mol. The zero-order valence-corrected chi connectivity index (χ0v) is 9.05. The summed E-state index contributed by atoms with van der Waals surface area (Å²) in [6, 6.07) is 0.460. The average Bonchev–Trinajstić information content (AvgIpc) is 2.83.